The lowest BCUT2D eigenvalue weighted by Crippen LogP contribution is -2.33. The molecule has 1 aliphatic rings. The van der Waals surface area contributed by atoms with Gasteiger partial charge in [-0.3, -0.25) is 9.55 Å². The van der Waals surface area contributed by atoms with Crippen molar-refractivity contribution in [3.05, 3.63) is 24.8 Å². The van der Waals surface area contributed by atoms with Crippen molar-refractivity contribution in [3.63, 3.8) is 0 Å². The van der Waals surface area contributed by atoms with Gasteiger partial charge in [-0.15, -0.1) is 0 Å². The molecular weight excluding hydrogens is 316 g/mol. The first-order chi connectivity index (χ1) is 11.7. The van der Waals surface area contributed by atoms with Gasteiger partial charge in [-0.2, -0.15) is 0 Å². The van der Waals surface area contributed by atoms with E-state index < -0.39 is 31.1 Å². The van der Waals surface area contributed by atoms with E-state index in [0.717, 1.165) is 5.39 Å². The summed E-state index contributed by atoms with van der Waals surface area (Å²) in [6, 6.07) is 1.79. The molecule has 1 unspecified atom stereocenters. The number of ether oxygens (including phenoxy) is 2. The number of hydrogen-bond donors (Lipinski definition) is 3. The molecule has 4 atom stereocenters. The second kappa shape index (κ2) is 5.64. The Bertz CT molecular complexity index is 898. The Labute approximate surface area is 136 Å². The highest BCUT2D eigenvalue weighted by molar-refractivity contribution is 6.08. The number of aromatic nitrogens is 4. The summed E-state index contributed by atoms with van der Waals surface area (Å²) >= 11 is 0. The maximum atomic E-state index is 10.4. The molecule has 0 saturated carbocycles. The summed E-state index contributed by atoms with van der Waals surface area (Å²) in [7, 11) is 1.51. The first kappa shape index (κ1) is 15.2. The zero-order chi connectivity index (χ0) is 16.8. The molecule has 1 saturated heterocycles. The zero-order valence-electron chi connectivity index (χ0n) is 12.8. The Morgan fingerprint density at radius 2 is 2.12 bits per heavy atom. The van der Waals surface area contributed by atoms with Gasteiger partial charge in [-0.25, -0.2) is 9.97 Å². The van der Waals surface area contributed by atoms with Gasteiger partial charge in [-0.05, 0) is 6.07 Å². The lowest BCUT2D eigenvalue weighted by Gasteiger charge is -2.18. The van der Waals surface area contributed by atoms with E-state index in [4.69, 9.17) is 9.47 Å². The second-order valence-corrected chi connectivity index (χ2v) is 5.57. The van der Waals surface area contributed by atoms with Gasteiger partial charge in [0.2, 0.25) is 5.88 Å². The average Bonchev–Trinajstić information content (AvgIpc) is 3.10. The molecule has 126 valence electrons. The normalized spacial score (nSPS) is 27.2. The lowest BCUT2D eigenvalue weighted by atomic mass is 10.1. The predicted octanol–water partition coefficient (Wildman–Crippen LogP) is -0.400. The smallest absolute Gasteiger partial charge is 0.226 e. The lowest BCUT2D eigenvalue weighted by molar-refractivity contribution is -0.0490. The summed E-state index contributed by atoms with van der Waals surface area (Å²) in [5.74, 6) is 0.390. The number of rotatable bonds is 3. The van der Waals surface area contributed by atoms with Gasteiger partial charge in [0.15, 0.2) is 11.9 Å². The molecular formula is C15H16N4O5. The standard InChI is InChI=1S/C15H16N4O5/c1-23-14-10-7-2-3-16-4-8(7)19(13(10)17-6-18-14)15-12(22)11(21)9(5-20)24-15/h2-4,6,9,11-12,15,20-22H,5H2,1H3/t9?,11-,12-,15-/m1/s1. The molecule has 0 bridgehead atoms. The van der Waals surface area contributed by atoms with E-state index in [1.54, 1.807) is 23.0 Å². The maximum Gasteiger partial charge on any atom is 0.226 e. The summed E-state index contributed by atoms with van der Waals surface area (Å²) in [5.41, 5.74) is 1.14. The summed E-state index contributed by atoms with van der Waals surface area (Å²) in [6.45, 7) is -0.400. The van der Waals surface area contributed by atoms with Gasteiger partial charge >= 0.3 is 0 Å². The zero-order valence-corrected chi connectivity index (χ0v) is 12.8. The summed E-state index contributed by atoms with van der Waals surface area (Å²) in [6.07, 6.45) is 0.389. The quantitative estimate of drug-likeness (QED) is 0.592. The van der Waals surface area contributed by atoms with E-state index in [2.05, 4.69) is 15.0 Å². The Morgan fingerprint density at radius 3 is 2.83 bits per heavy atom. The molecule has 3 N–H and O–H groups in total. The fourth-order valence-corrected chi connectivity index (χ4v) is 3.19. The van der Waals surface area contributed by atoms with Crippen LogP contribution >= 0.6 is 0 Å². The molecule has 4 heterocycles. The monoisotopic (exact) mass is 332 g/mol. The van der Waals surface area contributed by atoms with Gasteiger partial charge in [0, 0.05) is 11.6 Å². The largest absolute Gasteiger partial charge is 0.480 e. The van der Waals surface area contributed by atoms with Gasteiger partial charge < -0.3 is 24.8 Å². The third-order valence-electron chi connectivity index (χ3n) is 4.31. The molecule has 4 rings (SSSR count). The van der Waals surface area contributed by atoms with Crippen LogP contribution in [0.15, 0.2) is 24.8 Å². The van der Waals surface area contributed by atoms with E-state index in [1.807, 2.05) is 0 Å². The minimum absolute atomic E-state index is 0.390. The third-order valence-corrected chi connectivity index (χ3v) is 4.31. The molecule has 0 aromatic carbocycles. The minimum atomic E-state index is -1.22. The topological polar surface area (TPSA) is 123 Å². The van der Waals surface area contributed by atoms with Crippen LogP contribution < -0.4 is 4.74 Å². The van der Waals surface area contributed by atoms with Crippen molar-refractivity contribution in [2.75, 3.05) is 13.7 Å². The summed E-state index contributed by atoms with van der Waals surface area (Å²) < 4.78 is 12.6. The number of aliphatic hydroxyl groups is 3. The van der Waals surface area contributed by atoms with Gasteiger partial charge in [0.25, 0.3) is 0 Å². The SMILES string of the molecule is COc1ncnc2c1c1ccncc1n2[C@@H]1OC(CO)[C@@H](O)[C@H]1O. The molecule has 0 spiro atoms. The molecule has 0 radical (unpaired) electrons. The molecule has 1 fully saturated rings. The Balaban J connectivity index is 2.01. The summed E-state index contributed by atoms with van der Waals surface area (Å²) in [4.78, 5) is 12.5. The number of fused-ring (bicyclic) bond motifs is 3. The van der Waals surface area contributed by atoms with E-state index >= 15 is 0 Å². The van der Waals surface area contributed by atoms with Crippen molar-refractivity contribution in [1.82, 2.24) is 19.5 Å². The Kier molecular flexibility index (Phi) is 3.57. The Morgan fingerprint density at radius 1 is 1.29 bits per heavy atom. The number of pyridine rings is 1. The van der Waals surface area contributed by atoms with Crippen LogP contribution in [0, 0.1) is 0 Å². The van der Waals surface area contributed by atoms with Gasteiger partial charge in [-0.1, -0.05) is 0 Å². The van der Waals surface area contributed by atoms with E-state index in [9.17, 15) is 15.3 Å². The first-order valence-corrected chi connectivity index (χ1v) is 7.42. The number of nitrogens with zero attached hydrogens (tertiary/aromatic N) is 4. The first-order valence-electron chi connectivity index (χ1n) is 7.42. The van der Waals surface area contributed by atoms with Crippen molar-refractivity contribution in [2.24, 2.45) is 0 Å². The second-order valence-electron chi connectivity index (χ2n) is 5.57. The number of aliphatic hydroxyl groups excluding tert-OH is 3. The van der Waals surface area contributed by atoms with Crippen LogP contribution in [0.25, 0.3) is 21.9 Å². The average molecular weight is 332 g/mol. The minimum Gasteiger partial charge on any atom is -0.480 e. The van der Waals surface area contributed by atoms with Crippen LogP contribution in [0.4, 0.5) is 0 Å². The van der Waals surface area contributed by atoms with E-state index in [1.165, 1.54) is 13.4 Å². The van der Waals surface area contributed by atoms with Crippen LogP contribution in [0.5, 0.6) is 5.88 Å². The predicted molar refractivity (Wildman–Crippen MR) is 82.4 cm³/mol. The van der Waals surface area contributed by atoms with Crippen LogP contribution in [0.1, 0.15) is 6.23 Å². The van der Waals surface area contributed by atoms with Crippen molar-refractivity contribution in [3.8, 4) is 5.88 Å². The Hall–Kier alpha value is -2.33. The van der Waals surface area contributed by atoms with Gasteiger partial charge in [0.05, 0.1) is 30.8 Å². The third kappa shape index (κ3) is 1.99. The maximum absolute atomic E-state index is 10.4. The highest BCUT2D eigenvalue weighted by atomic mass is 16.6. The van der Waals surface area contributed by atoms with E-state index in [0.29, 0.717) is 22.4 Å². The molecule has 3 aromatic heterocycles. The molecule has 0 aliphatic carbocycles. The van der Waals surface area contributed by atoms with Crippen molar-refractivity contribution in [2.45, 2.75) is 24.5 Å². The molecule has 9 nitrogen and oxygen atoms in total. The molecule has 1 aliphatic heterocycles. The van der Waals surface area contributed by atoms with Gasteiger partial charge in [0.1, 0.15) is 24.6 Å². The van der Waals surface area contributed by atoms with Crippen LogP contribution in [0.2, 0.25) is 0 Å². The van der Waals surface area contributed by atoms with E-state index in [-0.39, 0.29) is 0 Å². The highest BCUT2D eigenvalue weighted by Gasteiger charge is 2.44. The van der Waals surface area contributed by atoms with Crippen molar-refractivity contribution >= 4 is 21.9 Å². The van der Waals surface area contributed by atoms with Crippen LogP contribution in [-0.2, 0) is 4.74 Å². The molecule has 3 aromatic rings. The molecule has 0 amide bonds. The van der Waals surface area contributed by atoms with Crippen molar-refractivity contribution in [1.29, 1.82) is 0 Å². The summed E-state index contributed by atoms with van der Waals surface area (Å²) in [5, 5.41) is 31.2. The molecule has 24 heavy (non-hydrogen) atoms. The van der Waals surface area contributed by atoms with Crippen molar-refractivity contribution < 1.29 is 24.8 Å². The van der Waals surface area contributed by atoms with Crippen LogP contribution in [-0.4, -0.2) is 66.9 Å². The number of methoxy groups -OCH3 is 1. The fraction of sp³-hybridized carbons (Fsp3) is 0.400. The fourth-order valence-electron chi connectivity index (χ4n) is 3.19. The molecule has 9 heteroatoms. The van der Waals surface area contributed by atoms with Crippen LogP contribution in [0.3, 0.4) is 0 Å². The highest BCUT2D eigenvalue weighted by Crippen LogP contribution is 2.39. The number of hydrogen-bond acceptors (Lipinski definition) is 8.